The minimum absolute atomic E-state index is 0.00215. The fourth-order valence-electron chi connectivity index (χ4n) is 0.660. The summed E-state index contributed by atoms with van der Waals surface area (Å²) in [4.78, 5) is 21.0. The van der Waals surface area contributed by atoms with Gasteiger partial charge < -0.3 is 9.84 Å². The molecule has 0 saturated carbocycles. The molecular formula is C9H14O4. The molecule has 0 spiro atoms. The summed E-state index contributed by atoms with van der Waals surface area (Å²) in [6, 6.07) is 0. The van der Waals surface area contributed by atoms with Crippen LogP contribution in [0.25, 0.3) is 0 Å². The molecular weight excluding hydrogens is 172 g/mol. The Balaban J connectivity index is 3.41. The average Bonchev–Trinajstić information content (AvgIpc) is 2.00. The van der Waals surface area contributed by atoms with Crippen LogP contribution in [0.15, 0.2) is 12.2 Å². The minimum Gasteiger partial charge on any atom is -0.481 e. The van der Waals surface area contributed by atoms with E-state index in [0.717, 1.165) is 5.57 Å². The standard InChI is InChI=1S/C9H14O4/c1-7(2)6-13-9(12)5-3-4-8(10)11/h1,3-6H2,2H3,(H,10,11). The minimum atomic E-state index is -0.896. The van der Waals surface area contributed by atoms with Gasteiger partial charge in [0, 0.05) is 12.8 Å². The van der Waals surface area contributed by atoms with Crippen molar-refractivity contribution >= 4 is 11.9 Å². The van der Waals surface area contributed by atoms with Crippen molar-refractivity contribution in [3.63, 3.8) is 0 Å². The van der Waals surface area contributed by atoms with Crippen LogP contribution in [0.1, 0.15) is 26.2 Å². The molecule has 0 saturated heterocycles. The van der Waals surface area contributed by atoms with E-state index in [1.54, 1.807) is 6.92 Å². The fourth-order valence-corrected chi connectivity index (χ4v) is 0.660. The van der Waals surface area contributed by atoms with Gasteiger partial charge in [0.05, 0.1) is 0 Å². The first kappa shape index (κ1) is 11.7. The van der Waals surface area contributed by atoms with Crippen LogP contribution >= 0.6 is 0 Å². The number of hydrogen-bond acceptors (Lipinski definition) is 3. The number of hydrogen-bond donors (Lipinski definition) is 1. The number of carboxylic acid groups (broad SMARTS) is 1. The Labute approximate surface area is 77.2 Å². The zero-order chi connectivity index (χ0) is 10.3. The molecule has 0 aromatic rings. The van der Waals surface area contributed by atoms with Gasteiger partial charge in [0.2, 0.25) is 0 Å². The molecule has 0 aliphatic heterocycles. The van der Waals surface area contributed by atoms with Crippen LogP contribution in [0.2, 0.25) is 0 Å². The normalized spacial score (nSPS) is 9.31. The average molecular weight is 186 g/mol. The SMILES string of the molecule is C=C(C)COC(=O)CCCC(=O)O. The predicted molar refractivity (Wildman–Crippen MR) is 47.3 cm³/mol. The topological polar surface area (TPSA) is 63.6 Å². The largest absolute Gasteiger partial charge is 0.481 e. The van der Waals surface area contributed by atoms with Crippen molar-refractivity contribution in [1.29, 1.82) is 0 Å². The molecule has 4 nitrogen and oxygen atoms in total. The maximum atomic E-state index is 10.9. The summed E-state index contributed by atoms with van der Waals surface area (Å²) in [6.07, 6.45) is 0.478. The molecule has 4 heteroatoms. The molecule has 0 aromatic heterocycles. The highest BCUT2D eigenvalue weighted by Gasteiger charge is 2.04. The van der Waals surface area contributed by atoms with Gasteiger partial charge in [0.1, 0.15) is 6.61 Å². The summed E-state index contributed by atoms with van der Waals surface area (Å²) >= 11 is 0. The smallest absolute Gasteiger partial charge is 0.306 e. The number of carboxylic acids is 1. The van der Waals surface area contributed by atoms with Gasteiger partial charge in [0.15, 0.2) is 0 Å². The van der Waals surface area contributed by atoms with Gasteiger partial charge in [-0.05, 0) is 18.9 Å². The summed E-state index contributed by atoms with van der Waals surface area (Å²) < 4.78 is 4.75. The third-order valence-electron chi connectivity index (χ3n) is 1.25. The van der Waals surface area contributed by atoms with Gasteiger partial charge in [-0.2, -0.15) is 0 Å². The lowest BCUT2D eigenvalue weighted by Crippen LogP contribution is -2.07. The van der Waals surface area contributed by atoms with Crippen molar-refractivity contribution in [3.05, 3.63) is 12.2 Å². The molecule has 0 amide bonds. The molecule has 0 rings (SSSR count). The Kier molecular flexibility index (Phi) is 5.59. The maximum absolute atomic E-state index is 10.9. The molecule has 0 aliphatic rings. The molecule has 1 N–H and O–H groups in total. The fraction of sp³-hybridized carbons (Fsp3) is 0.556. The maximum Gasteiger partial charge on any atom is 0.306 e. The van der Waals surface area contributed by atoms with Crippen LogP contribution < -0.4 is 0 Å². The van der Waals surface area contributed by atoms with Crippen molar-refractivity contribution in [2.75, 3.05) is 6.61 Å². The number of esters is 1. The van der Waals surface area contributed by atoms with E-state index in [0.29, 0.717) is 6.42 Å². The summed E-state index contributed by atoms with van der Waals surface area (Å²) in [5, 5.41) is 8.28. The molecule has 0 heterocycles. The van der Waals surface area contributed by atoms with Crippen LogP contribution in [0.5, 0.6) is 0 Å². The van der Waals surface area contributed by atoms with E-state index in [1.807, 2.05) is 0 Å². The Hall–Kier alpha value is -1.32. The number of ether oxygens (including phenoxy) is 1. The van der Waals surface area contributed by atoms with Crippen LogP contribution in [-0.4, -0.2) is 23.7 Å². The first-order valence-corrected chi connectivity index (χ1v) is 4.04. The van der Waals surface area contributed by atoms with Gasteiger partial charge in [-0.15, -0.1) is 0 Å². The van der Waals surface area contributed by atoms with Gasteiger partial charge in [-0.3, -0.25) is 9.59 Å². The van der Waals surface area contributed by atoms with E-state index in [-0.39, 0.29) is 25.4 Å². The van der Waals surface area contributed by atoms with Gasteiger partial charge in [-0.1, -0.05) is 6.58 Å². The number of carbonyl (C=O) groups is 2. The number of carbonyl (C=O) groups excluding carboxylic acids is 1. The third-order valence-corrected chi connectivity index (χ3v) is 1.25. The molecule has 0 unspecified atom stereocenters. The van der Waals surface area contributed by atoms with Gasteiger partial charge >= 0.3 is 11.9 Å². The first-order valence-electron chi connectivity index (χ1n) is 4.04. The summed E-state index contributed by atoms with van der Waals surface area (Å²) in [6.45, 7) is 5.53. The molecule has 0 radical (unpaired) electrons. The Bertz CT molecular complexity index is 208. The van der Waals surface area contributed by atoms with E-state index in [1.165, 1.54) is 0 Å². The van der Waals surface area contributed by atoms with Gasteiger partial charge in [-0.25, -0.2) is 0 Å². The molecule has 0 aromatic carbocycles. The van der Waals surface area contributed by atoms with E-state index in [4.69, 9.17) is 9.84 Å². The van der Waals surface area contributed by atoms with E-state index < -0.39 is 5.97 Å². The van der Waals surface area contributed by atoms with Crippen molar-refractivity contribution in [1.82, 2.24) is 0 Å². The van der Waals surface area contributed by atoms with Crippen LogP contribution in [0, 0.1) is 0 Å². The molecule has 0 fully saturated rings. The van der Waals surface area contributed by atoms with Crippen molar-refractivity contribution in [3.8, 4) is 0 Å². The lowest BCUT2D eigenvalue weighted by atomic mass is 10.2. The zero-order valence-corrected chi connectivity index (χ0v) is 7.71. The van der Waals surface area contributed by atoms with Crippen molar-refractivity contribution < 1.29 is 19.4 Å². The third kappa shape index (κ3) is 8.59. The van der Waals surface area contributed by atoms with Crippen molar-refractivity contribution in [2.24, 2.45) is 0 Å². The van der Waals surface area contributed by atoms with Crippen LogP contribution in [0.4, 0.5) is 0 Å². The Morgan fingerprint density at radius 1 is 1.38 bits per heavy atom. The molecule has 0 bridgehead atoms. The highest BCUT2D eigenvalue weighted by Crippen LogP contribution is 1.99. The van der Waals surface area contributed by atoms with Gasteiger partial charge in [0.25, 0.3) is 0 Å². The van der Waals surface area contributed by atoms with Crippen LogP contribution in [-0.2, 0) is 14.3 Å². The zero-order valence-electron chi connectivity index (χ0n) is 7.71. The second-order valence-electron chi connectivity index (χ2n) is 2.87. The first-order chi connectivity index (χ1) is 6.02. The predicted octanol–water partition coefficient (Wildman–Crippen LogP) is 1.36. The summed E-state index contributed by atoms with van der Waals surface area (Å²) in [5.41, 5.74) is 0.770. The molecule has 0 aliphatic carbocycles. The number of aliphatic carboxylic acids is 1. The highest BCUT2D eigenvalue weighted by molar-refractivity contribution is 5.71. The molecule has 74 valence electrons. The van der Waals surface area contributed by atoms with E-state index >= 15 is 0 Å². The van der Waals surface area contributed by atoms with Crippen molar-refractivity contribution in [2.45, 2.75) is 26.2 Å². The highest BCUT2D eigenvalue weighted by atomic mass is 16.5. The lowest BCUT2D eigenvalue weighted by molar-refractivity contribution is -0.143. The van der Waals surface area contributed by atoms with E-state index in [2.05, 4.69) is 6.58 Å². The summed E-state index contributed by atoms with van der Waals surface area (Å²) in [5.74, 6) is -1.27. The Morgan fingerprint density at radius 2 is 2.00 bits per heavy atom. The second kappa shape index (κ2) is 6.22. The summed E-state index contributed by atoms with van der Waals surface area (Å²) in [7, 11) is 0. The van der Waals surface area contributed by atoms with E-state index in [9.17, 15) is 9.59 Å². The quantitative estimate of drug-likeness (QED) is 0.502. The molecule has 0 atom stereocenters. The monoisotopic (exact) mass is 186 g/mol. The Morgan fingerprint density at radius 3 is 2.46 bits per heavy atom. The molecule has 13 heavy (non-hydrogen) atoms. The van der Waals surface area contributed by atoms with Crippen LogP contribution in [0.3, 0.4) is 0 Å². The second-order valence-corrected chi connectivity index (χ2v) is 2.87. The lowest BCUT2D eigenvalue weighted by Gasteiger charge is -2.02. The number of rotatable bonds is 6.